The monoisotopic (exact) mass is 440 g/mol. The van der Waals surface area contributed by atoms with E-state index in [-0.39, 0.29) is 12.0 Å². The number of nitrogens with zero attached hydrogens (tertiary/aromatic N) is 2. The number of carbonyl (C=O) groups is 1. The zero-order chi connectivity index (χ0) is 21.3. The standard InChI is InChI=1S/C24H28N2O2S2/c1-15(2)29-20-9-5-7-18(13-20)23(27)26(14-19-8-6-10-28-19)24-25-22-17(4)11-16(3)12-21(22)30-24/h5,7,9,11-13,15,19H,6,8,10,14H2,1-4H3. The molecule has 30 heavy (non-hydrogen) atoms. The van der Waals surface area contributed by atoms with Gasteiger partial charge in [0.25, 0.3) is 5.91 Å². The summed E-state index contributed by atoms with van der Waals surface area (Å²) in [5.74, 6) is -0.00913. The largest absolute Gasteiger partial charge is 0.376 e. The molecule has 0 aliphatic carbocycles. The summed E-state index contributed by atoms with van der Waals surface area (Å²) in [4.78, 5) is 21.4. The van der Waals surface area contributed by atoms with Gasteiger partial charge >= 0.3 is 0 Å². The summed E-state index contributed by atoms with van der Waals surface area (Å²) in [7, 11) is 0. The van der Waals surface area contributed by atoms with Gasteiger partial charge < -0.3 is 4.74 Å². The number of ether oxygens (including phenoxy) is 1. The van der Waals surface area contributed by atoms with Crippen LogP contribution in [-0.2, 0) is 4.74 Å². The average molecular weight is 441 g/mol. The minimum atomic E-state index is -0.00913. The summed E-state index contributed by atoms with van der Waals surface area (Å²) in [6.07, 6.45) is 2.10. The fourth-order valence-electron chi connectivity index (χ4n) is 3.84. The molecule has 0 N–H and O–H groups in total. The van der Waals surface area contributed by atoms with Crippen molar-refractivity contribution in [2.45, 2.75) is 56.8 Å². The van der Waals surface area contributed by atoms with Gasteiger partial charge in [0.05, 0.1) is 22.9 Å². The Kier molecular flexibility index (Phi) is 6.46. The molecule has 4 nitrogen and oxygen atoms in total. The van der Waals surface area contributed by atoms with Gasteiger partial charge in [-0.1, -0.05) is 37.3 Å². The van der Waals surface area contributed by atoms with E-state index in [1.807, 2.05) is 23.1 Å². The van der Waals surface area contributed by atoms with E-state index in [2.05, 4.69) is 45.9 Å². The highest BCUT2D eigenvalue weighted by molar-refractivity contribution is 7.99. The summed E-state index contributed by atoms with van der Waals surface area (Å²) in [5.41, 5.74) is 4.04. The van der Waals surface area contributed by atoms with Crippen LogP contribution in [0, 0.1) is 13.8 Å². The highest BCUT2D eigenvalue weighted by atomic mass is 32.2. The third kappa shape index (κ3) is 4.71. The number of aromatic nitrogens is 1. The van der Waals surface area contributed by atoms with Crippen molar-refractivity contribution in [1.29, 1.82) is 0 Å². The maximum atomic E-state index is 13.6. The van der Waals surface area contributed by atoms with Crippen molar-refractivity contribution in [3.05, 3.63) is 53.1 Å². The van der Waals surface area contributed by atoms with Crippen molar-refractivity contribution >= 4 is 44.4 Å². The molecule has 1 aliphatic rings. The number of hydrogen-bond acceptors (Lipinski definition) is 5. The molecule has 1 saturated heterocycles. The van der Waals surface area contributed by atoms with Gasteiger partial charge in [0.1, 0.15) is 0 Å². The molecule has 0 saturated carbocycles. The van der Waals surface area contributed by atoms with Crippen LogP contribution in [0.1, 0.15) is 48.2 Å². The number of carbonyl (C=O) groups excluding carboxylic acids is 1. The number of rotatable bonds is 6. The van der Waals surface area contributed by atoms with E-state index in [1.165, 1.54) is 5.56 Å². The third-order valence-electron chi connectivity index (χ3n) is 5.16. The van der Waals surface area contributed by atoms with E-state index in [0.29, 0.717) is 17.4 Å². The number of fused-ring (bicyclic) bond motifs is 1. The molecular weight excluding hydrogens is 412 g/mol. The van der Waals surface area contributed by atoms with Crippen molar-refractivity contribution in [3.63, 3.8) is 0 Å². The van der Waals surface area contributed by atoms with Crippen molar-refractivity contribution in [2.24, 2.45) is 0 Å². The number of anilines is 1. The van der Waals surface area contributed by atoms with Crippen LogP contribution in [0.25, 0.3) is 10.2 Å². The summed E-state index contributed by atoms with van der Waals surface area (Å²) in [5, 5.41) is 1.22. The quantitative estimate of drug-likeness (QED) is 0.426. The van der Waals surface area contributed by atoms with Crippen molar-refractivity contribution in [2.75, 3.05) is 18.1 Å². The average Bonchev–Trinajstić information content (AvgIpc) is 3.35. The highest BCUT2D eigenvalue weighted by Crippen LogP contribution is 2.33. The number of benzene rings is 2. The first-order valence-electron chi connectivity index (χ1n) is 10.5. The lowest BCUT2D eigenvalue weighted by Crippen LogP contribution is -2.37. The van der Waals surface area contributed by atoms with Crippen LogP contribution in [0.3, 0.4) is 0 Å². The Hall–Kier alpha value is -1.89. The van der Waals surface area contributed by atoms with Gasteiger partial charge in [-0.15, -0.1) is 11.8 Å². The summed E-state index contributed by atoms with van der Waals surface area (Å²) >= 11 is 3.36. The maximum absolute atomic E-state index is 13.6. The summed E-state index contributed by atoms with van der Waals surface area (Å²) in [6, 6.07) is 12.2. The first-order valence-corrected chi connectivity index (χ1v) is 12.2. The molecule has 2 aromatic carbocycles. The Balaban J connectivity index is 1.71. The normalized spacial score (nSPS) is 16.5. The smallest absolute Gasteiger partial charge is 0.260 e. The second kappa shape index (κ2) is 9.08. The number of thiazole rings is 1. The third-order valence-corrected chi connectivity index (χ3v) is 7.18. The lowest BCUT2D eigenvalue weighted by atomic mass is 10.1. The van der Waals surface area contributed by atoms with Crippen LogP contribution in [0.5, 0.6) is 0 Å². The van der Waals surface area contributed by atoms with Crippen molar-refractivity contribution in [1.82, 2.24) is 4.98 Å². The second-order valence-corrected chi connectivity index (χ2v) is 10.8. The minimum absolute atomic E-state index is 0.00913. The van der Waals surface area contributed by atoms with E-state index >= 15 is 0 Å². The molecule has 0 spiro atoms. The lowest BCUT2D eigenvalue weighted by Gasteiger charge is -2.23. The summed E-state index contributed by atoms with van der Waals surface area (Å²) < 4.78 is 6.99. The number of aryl methyl sites for hydroxylation is 2. The molecule has 1 amide bonds. The van der Waals surface area contributed by atoms with Crippen LogP contribution >= 0.6 is 23.1 Å². The first-order chi connectivity index (χ1) is 14.4. The van der Waals surface area contributed by atoms with Gasteiger partial charge in [-0.3, -0.25) is 9.69 Å². The van der Waals surface area contributed by atoms with E-state index in [4.69, 9.17) is 9.72 Å². The number of thioether (sulfide) groups is 1. The van der Waals surface area contributed by atoms with Crippen LogP contribution < -0.4 is 4.90 Å². The van der Waals surface area contributed by atoms with Gasteiger partial charge in [-0.2, -0.15) is 0 Å². The maximum Gasteiger partial charge on any atom is 0.260 e. The first kappa shape index (κ1) is 21.3. The van der Waals surface area contributed by atoms with Crippen LogP contribution in [0.15, 0.2) is 41.3 Å². The van der Waals surface area contributed by atoms with Gasteiger partial charge in [-0.05, 0) is 62.1 Å². The zero-order valence-electron chi connectivity index (χ0n) is 18.0. The Labute approximate surface area is 186 Å². The molecule has 2 heterocycles. The number of hydrogen-bond donors (Lipinski definition) is 0. The molecule has 0 bridgehead atoms. The molecule has 0 radical (unpaired) electrons. The van der Waals surface area contributed by atoms with Gasteiger partial charge in [0.2, 0.25) is 0 Å². The molecule has 1 fully saturated rings. The van der Waals surface area contributed by atoms with Crippen molar-refractivity contribution < 1.29 is 9.53 Å². The van der Waals surface area contributed by atoms with Gasteiger partial charge in [-0.25, -0.2) is 4.98 Å². The molecule has 158 valence electrons. The Bertz CT molecular complexity index is 1050. The molecule has 3 aromatic rings. The van der Waals surface area contributed by atoms with Crippen molar-refractivity contribution in [3.8, 4) is 0 Å². The molecular formula is C24H28N2O2S2. The number of amides is 1. The van der Waals surface area contributed by atoms with Crippen LogP contribution in [0.4, 0.5) is 5.13 Å². The van der Waals surface area contributed by atoms with Gasteiger partial charge in [0.15, 0.2) is 5.13 Å². The molecule has 1 aromatic heterocycles. The highest BCUT2D eigenvalue weighted by Gasteiger charge is 2.27. The Morgan fingerprint density at radius 3 is 2.87 bits per heavy atom. The molecule has 4 rings (SSSR count). The fourth-order valence-corrected chi connectivity index (χ4v) is 5.89. The topological polar surface area (TPSA) is 42.4 Å². The predicted molar refractivity (Wildman–Crippen MR) is 127 cm³/mol. The zero-order valence-corrected chi connectivity index (χ0v) is 19.6. The Morgan fingerprint density at radius 1 is 1.30 bits per heavy atom. The summed E-state index contributed by atoms with van der Waals surface area (Å²) in [6.45, 7) is 9.81. The lowest BCUT2D eigenvalue weighted by molar-refractivity contribution is 0.0917. The molecule has 6 heteroatoms. The van der Waals surface area contributed by atoms with Gasteiger partial charge in [0, 0.05) is 22.3 Å². The predicted octanol–water partition coefficient (Wildman–Crippen LogP) is 6.24. The SMILES string of the molecule is Cc1cc(C)c2nc(N(CC3CCCO3)C(=O)c3cccc(SC(C)C)c3)sc2c1. The van der Waals surface area contributed by atoms with Crippen LogP contribution in [0.2, 0.25) is 0 Å². The van der Waals surface area contributed by atoms with E-state index in [0.717, 1.165) is 45.3 Å². The van der Waals surface area contributed by atoms with E-state index in [9.17, 15) is 4.79 Å². The van der Waals surface area contributed by atoms with E-state index in [1.54, 1.807) is 23.1 Å². The van der Waals surface area contributed by atoms with E-state index < -0.39 is 0 Å². The Morgan fingerprint density at radius 2 is 2.13 bits per heavy atom. The molecule has 1 aliphatic heterocycles. The fraction of sp³-hybridized carbons (Fsp3) is 0.417. The van der Waals surface area contributed by atoms with Crippen LogP contribution in [-0.4, -0.2) is 35.4 Å². The molecule has 1 atom stereocenters. The minimum Gasteiger partial charge on any atom is -0.376 e. The second-order valence-electron chi connectivity index (χ2n) is 8.17. The molecule has 1 unspecified atom stereocenters.